The van der Waals surface area contributed by atoms with Crippen LogP contribution in [0.2, 0.25) is 0 Å². The van der Waals surface area contributed by atoms with Gasteiger partial charge in [-0.1, -0.05) is 43.3 Å². The van der Waals surface area contributed by atoms with Crippen LogP contribution in [0.15, 0.2) is 88.7 Å². The maximum Gasteiger partial charge on any atom is 0.338 e. The summed E-state index contributed by atoms with van der Waals surface area (Å²) >= 11 is 1.72. The minimum Gasteiger partial charge on any atom is -0.452 e. The molecule has 1 amide bonds. The van der Waals surface area contributed by atoms with Gasteiger partial charge in [-0.3, -0.25) is 9.52 Å². The van der Waals surface area contributed by atoms with Gasteiger partial charge >= 0.3 is 5.97 Å². The maximum atomic E-state index is 12.9. The molecule has 9 heteroatoms. The van der Waals surface area contributed by atoms with Gasteiger partial charge in [0.15, 0.2) is 6.61 Å². The van der Waals surface area contributed by atoms with Crippen LogP contribution in [-0.2, 0) is 19.6 Å². The predicted molar refractivity (Wildman–Crippen MR) is 133 cm³/mol. The number of benzene rings is 3. The standard InChI is InChI=1S/C25H24N2O5S2/c1-18-14-15-27(22-12-5-6-13-23(22)33-18)24(28)17-32-25(29)19-8-7-9-20(16-19)26-34(30,31)21-10-3-2-4-11-21/h2-13,16,18,26H,14-15,17H2,1H3. The van der Waals surface area contributed by atoms with Gasteiger partial charge in [0.05, 0.1) is 16.1 Å². The molecular weight excluding hydrogens is 472 g/mol. The molecule has 7 nitrogen and oxygen atoms in total. The van der Waals surface area contributed by atoms with Crippen molar-refractivity contribution in [2.75, 3.05) is 22.8 Å². The number of rotatable bonds is 6. The van der Waals surface area contributed by atoms with Crippen molar-refractivity contribution in [2.45, 2.75) is 28.4 Å². The van der Waals surface area contributed by atoms with E-state index < -0.39 is 22.6 Å². The van der Waals surface area contributed by atoms with Crippen molar-refractivity contribution in [3.63, 3.8) is 0 Å². The van der Waals surface area contributed by atoms with Crippen LogP contribution in [0.3, 0.4) is 0 Å². The zero-order valence-electron chi connectivity index (χ0n) is 18.5. The molecule has 176 valence electrons. The maximum absolute atomic E-state index is 12.9. The molecule has 1 atom stereocenters. The molecule has 3 aromatic rings. The van der Waals surface area contributed by atoms with Crippen molar-refractivity contribution in [3.05, 3.63) is 84.4 Å². The summed E-state index contributed by atoms with van der Waals surface area (Å²) in [4.78, 5) is 28.3. The molecule has 0 bridgehead atoms. The van der Waals surface area contributed by atoms with Gasteiger partial charge in [0.1, 0.15) is 0 Å². The third kappa shape index (κ3) is 5.60. The van der Waals surface area contributed by atoms with E-state index in [1.807, 2.05) is 24.3 Å². The van der Waals surface area contributed by atoms with Crippen LogP contribution in [0.5, 0.6) is 0 Å². The average molecular weight is 497 g/mol. The third-order valence-electron chi connectivity index (χ3n) is 5.28. The number of nitrogens with zero attached hydrogens (tertiary/aromatic N) is 1. The molecule has 0 radical (unpaired) electrons. The SMILES string of the molecule is CC1CCN(C(=O)COC(=O)c2cccc(NS(=O)(=O)c3ccccc3)c2)c2ccccc2S1. The topological polar surface area (TPSA) is 92.8 Å². The first kappa shape index (κ1) is 23.8. The number of amides is 1. The molecule has 0 fully saturated rings. The van der Waals surface area contributed by atoms with Crippen LogP contribution in [0.4, 0.5) is 11.4 Å². The Morgan fingerprint density at radius 2 is 1.76 bits per heavy atom. The molecule has 4 rings (SSSR count). The molecule has 0 aliphatic carbocycles. The van der Waals surface area contributed by atoms with E-state index in [-0.39, 0.29) is 22.1 Å². The summed E-state index contributed by atoms with van der Waals surface area (Å²) in [6.45, 7) is 2.25. The van der Waals surface area contributed by atoms with E-state index in [1.165, 1.54) is 30.3 Å². The van der Waals surface area contributed by atoms with E-state index in [1.54, 1.807) is 40.9 Å². The van der Waals surface area contributed by atoms with E-state index in [2.05, 4.69) is 11.6 Å². The smallest absolute Gasteiger partial charge is 0.338 e. The fraction of sp³-hybridized carbons (Fsp3) is 0.200. The normalized spacial score (nSPS) is 15.7. The Bertz CT molecular complexity index is 1300. The van der Waals surface area contributed by atoms with Crippen molar-refractivity contribution in [2.24, 2.45) is 0 Å². The Hall–Kier alpha value is -3.30. The van der Waals surface area contributed by atoms with Gasteiger partial charge < -0.3 is 9.64 Å². The van der Waals surface area contributed by atoms with Gasteiger partial charge in [-0.05, 0) is 48.9 Å². The molecule has 3 aromatic carbocycles. The number of para-hydroxylation sites is 1. The van der Waals surface area contributed by atoms with Crippen LogP contribution in [0.1, 0.15) is 23.7 Å². The zero-order valence-corrected chi connectivity index (χ0v) is 20.1. The highest BCUT2D eigenvalue weighted by atomic mass is 32.2. The first-order chi connectivity index (χ1) is 16.3. The molecule has 1 N–H and O–H groups in total. The predicted octanol–water partition coefficient (Wildman–Crippen LogP) is 4.56. The Labute approximate surface area is 203 Å². The number of hydrogen-bond acceptors (Lipinski definition) is 6. The summed E-state index contributed by atoms with van der Waals surface area (Å²) in [5.74, 6) is -1.02. The molecule has 1 unspecified atom stereocenters. The molecule has 1 heterocycles. The highest BCUT2D eigenvalue weighted by Crippen LogP contribution is 2.37. The second-order valence-electron chi connectivity index (χ2n) is 7.81. The second kappa shape index (κ2) is 10.3. The fourth-order valence-electron chi connectivity index (χ4n) is 3.56. The molecule has 1 aliphatic heterocycles. The summed E-state index contributed by atoms with van der Waals surface area (Å²) in [5.41, 5.74) is 1.17. The van der Waals surface area contributed by atoms with Gasteiger partial charge in [-0.2, -0.15) is 0 Å². The van der Waals surface area contributed by atoms with Crippen LogP contribution in [0.25, 0.3) is 0 Å². The Balaban J connectivity index is 1.42. The van der Waals surface area contributed by atoms with Crippen LogP contribution in [-0.4, -0.2) is 38.7 Å². The van der Waals surface area contributed by atoms with Crippen LogP contribution < -0.4 is 9.62 Å². The number of anilines is 2. The number of thioether (sulfide) groups is 1. The fourth-order valence-corrected chi connectivity index (χ4v) is 5.74. The summed E-state index contributed by atoms with van der Waals surface area (Å²) in [5, 5.41) is 0.365. The van der Waals surface area contributed by atoms with Crippen molar-refractivity contribution < 1.29 is 22.7 Å². The molecule has 0 spiro atoms. The quantitative estimate of drug-likeness (QED) is 0.503. The number of fused-ring (bicyclic) bond motifs is 1. The lowest BCUT2D eigenvalue weighted by Gasteiger charge is -2.22. The lowest BCUT2D eigenvalue weighted by molar-refractivity contribution is -0.121. The van der Waals surface area contributed by atoms with Gasteiger partial charge in [0, 0.05) is 22.4 Å². The average Bonchev–Trinajstić information content (AvgIpc) is 3.01. The lowest BCUT2D eigenvalue weighted by atomic mass is 10.2. The Morgan fingerprint density at radius 1 is 1.03 bits per heavy atom. The van der Waals surface area contributed by atoms with Crippen molar-refractivity contribution in [3.8, 4) is 0 Å². The molecule has 0 saturated carbocycles. The lowest BCUT2D eigenvalue weighted by Crippen LogP contribution is -2.35. The number of carbonyl (C=O) groups is 2. The van der Waals surface area contributed by atoms with Gasteiger partial charge in [0.25, 0.3) is 15.9 Å². The van der Waals surface area contributed by atoms with E-state index in [0.29, 0.717) is 11.8 Å². The molecular formula is C25H24N2O5S2. The Kier molecular flexibility index (Phi) is 7.23. The summed E-state index contributed by atoms with van der Waals surface area (Å²) < 4.78 is 32.8. The van der Waals surface area contributed by atoms with Crippen molar-refractivity contribution >= 4 is 45.0 Å². The Morgan fingerprint density at radius 3 is 2.56 bits per heavy atom. The molecule has 1 aliphatic rings. The number of ether oxygens (including phenoxy) is 1. The molecule has 34 heavy (non-hydrogen) atoms. The highest BCUT2D eigenvalue weighted by molar-refractivity contribution is 8.00. The second-order valence-corrected chi connectivity index (χ2v) is 11.0. The van der Waals surface area contributed by atoms with E-state index in [4.69, 9.17) is 4.74 Å². The summed E-state index contributed by atoms with van der Waals surface area (Å²) in [6, 6.07) is 21.6. The minimum atomic E-state index is -3.80. The van der Waals surface area contributed by atoms with Gasteiger partial charge in [-0.25, -0.2) is 13.2 Å². The monoisotopic (exact) mass is 496 g/mol. The number of esters is 1. The van der Waals surface area contributed by atoms with Crippen LogP contribution >= 0.6 is 11.8 Å². The number of nitrogens with one attached hydrogen (secondary N) is 1. The van der Waals surface area contributed by atoms with E-state index >= 15 is 0 Å². The largest absolute Gasteiger partial charge is 0.452 e. The van der Waals surface area contributed by atoms with Crippen LogP contribution in [0, 0.1) is 0 Å². The van der Waals surface area contributed by atoms with Gasteiger partial charge in [-0.15, -0.1) is 11.8 Å². The highest BCUT2D eigenvalue weighted by Gasteiger charge is 2.25. The first-order valence-electron chi connectivity index (χ1n) is 10.7. The van der Waals surface area contributed by atoms with Crippen molar-refractivity contribution in [1.82, 2.24) is 0 Å². The van der Waals surface area contributed by atoms with Gasteiger partial charge in [0.2, 0.25) is 0 Å². The number of hydrogen-bond donors (Lipinski definition) is 1. The number of carbonyl (C=O) groups excluding carboxylic acids is 2. The molecule has 0 saturated heterocycles. The van der Waals surface area contributed by atoms with Crippen molar-refractivity contribution in [1.29, 1.82) is 0 Å². The minimum absolute atomic E-state index is 0.110. The third-order valence-corrected chi connectivity index (χ3v) is 7.91. The first-order valence-corrected chi connectivity index (χ1v) is 13.1. The van der Waals surface area contributed by atoms with E-state index in [0.717, 1.165) is 17.0 Å². The molecule has 0 aromatic heterocycles. The van der Waals surface area contributed by atoms with E-state index in [9.17, 15) is 18.0 Å². The summed E-state index contributed by atoms with van der Waals surface area (Å²) in [6.07, 6.45) is 0.822. The summed E-state index contributed by atoms with van der Waals surface area (Å²) in [7, 11) is -3.80. The number of sulfonamides is 1. The zero-order chi connectivity index (χ0) is 24.1.